The van der Waals surface area contributed by atoms with Crippen LogP contribution in [-0.2, 0) is 18.6 Å². The highest BCUT2D eigenvalue weighted by Gasteiger charge is 2.33. The van der Waals surface area contributed by atoms with Crippen LogP contribution in [0.1, 0.15) is 60.5 Å². The summed E-state index contributed by atoms with van der Waals surface area (Å²) in [6, 6.07) is 23.9. The zero-order chi connectivity index (χ0) is 28.4. The first-order valence-corrected chi connectivity index (χ1v) is 13.5. The number of ether oxygens (including phenoxy) is 1. The smallest absolute Gasteiger partial charge is 0.253 e. The number of tetrazole rings is 1. The van der Waals surface area contributed by atoms with Gasteiger partial charge in [0.25, 0.3) is 5.56 Å². The summed E-state index contributed by atoms with van der Waals surface area (Å²) in [5.41, 5.74) is 5.37. The fourth-order valence-corrected chi connectivity index (χ4v) is 5.06. The van der Waals surface area contributed by atoms with Gasteiger partial charge in [0, 0.05) is 24.2 Å². The molecule has 5 rings (SSSR count). The first-order valence-electron chi connectivity index (χ1n) is 13.5. The molecular weight excluding hydrogens is 500 g/mol. The van der Waals surface area contributed by atoms with E-state index < -0.39 is 11.6 Å². The maximum Gasteiger partial charge on any atom is 0.253 e. The molecule has 0 unspecified atom stereocenters. The van der Waals surface area contributed by atoms with E-state index in [0.717, 1.165) is 33.3 Å². The third-order valence-electron chi connectivity index (χ3n) is 7.29. The summed E-state index contributed by atoms with van der Waals surface area (Å²) in [5.74, 6) is 1.41. The minimum absolute atomic E-state index is 0.156. The Morgan fingerprint density at radius 2 is 1.57 bits per heavy atom. The van der Waals surface area contributed by atoms with Gasteiger partial charge in [0.05, 0.1) is 12.6 Å². The SMILES string of the molecule is COc1ccc(CN(Cc2ccccc2)[C@H](c2cc3cc(C)c(C)cc3[nH]c2=O)c2nnnn2C(C)(C)C)cc1. The number of nitrogens with one attached hydrogen (secondary N) is 1. The lowest BCUT2D eigenvalue weighted by atomic mass is 9.98. The Kier molecular flexibility index (Phi) is 7.54. The van der Waals surface area contributed by atoms with Crippen molar-refractivity contribution in [2.75, 3.05) is 7.11 Å². The quantitative estimate of drug-likeness (QED) is 0.274. The van der Waals surface area contributed by atoms with Gasteiger partial charge in [-0.15, -0.1) is 5.10 Å². The molecular formula is C32H36N6O2. The molecule has 0 radical (unpaired) electrons. The molecule has 0 saturated heterocycles. The number of aromatic amines is 1. The van der Waals surface area contributed by atoms with Crippen LogP contribution in [0.3, 0.4) is 0 Å². The highest BCUT2D eigenvalue weighted by atomic mass is 16.5. The summed E-state index contributed by atoms with van der Waals surface area (Å²) in [5, 5.41) is 14.0. The van der Waals surface area contributed by atoms with E-state index in [0.29, 0.717) is 24.5 Å². The van der Waals surface area contributed by atoms with Gasteiger partial charge in [-0.25, -0.2) is 4.68 Å². The number of rotatable bonds is 8. The topological polar surface area (TPSA) is 88.9 Å². The largest absolute Gasteiger partial charge is 0.497 e. The fraction of sp³-hybridized carbons (Fsp3) is 0.312. The maximum absolute atomic E-state index is 13.8. The number of fused-ring (bicyclic) bond motifs is 1. The average molecular weight is 537 g/mol. The predicted octanol–water partition coefficient (Wildman–Crippen LogP) is 5.69. The van der Waals surface area contributed by atoms with Gasteiger partial charge in [0.2, 0.25) is 0 Å². The van der Waals surface area contributed by atoms with Crippen molar-refractivity contribution in [3.05, 3.63) is 117 Å². The summed E-state index contributed by atoms with van der Waals surface area (Å²) in [6.45, 7) is 11.5. The molecule has 8 heteroatoms. The van der Waals surface area contributed by atoms with Gasteiger partial charge < -0.3 is 9.72 Å². The van der Waals surface area contributed by atoms with Crippen LogP contribution in [0.25, 0.3) is 10.9 Å². The van der Waals surface area contributed by atoms with Gasteiger partial charge in [-0.1, -0.05) is 42.5 Å². The molecule has 206 valence electrons. The van der Waals surface area contributed by atoms with Gasteiger partial charge in [0.1, 0.15) is 11.8 Å². The van der Waals surface area contributed by atoms with E-state index in [1.54, 1.807) is 7.11 Å². The number of benzene rings is 3. The molecule has 1 N–H and O–H groups in total. The van der Waals surface area contributed by atoms with E-state index in [9.17, 15) is 4.79 Å². The Bertz CT molecular complexity index is 1670. The zero-order valence-corrected chi connectivity index (χ0v) is 24.0. The minimum Gasteiger partial charge on any atom is -0.497 e. The average Bonchev–Trinajstić information content (AvgIpc) is 3.42. The molecule has 0 amide bonds. The monoisotopic (exact) mass is 536 g/mol. The Hall–Kier alpha value is -4.30. The van der Waals surface area contributed by atoms with Gasteiger partial charge in [-0.05, 0) is 103 Å². The highest BCUT2D eigenvalue weighted by molar-refractivity contribution is 5.81. The number of pyridine rings is 1. The van der Waals surface area contributed by atoms with Crippen molar-refractivity contribution in [2.24, 2.45) is 0 Å². The third-order valence-corrected chi connectivity index (χ3v) is 7.29. The number of hydrogen-bond donors (Lipinski definition) is 1. The summed E-state index contributed by atoms with van der Waals surface area (Å²) in [6.07, 6.45) is 0. The van der Waals surface area contributed by atoms with Crippen molar-refractivity contribution in [2.45, 2.75) is 59.3 Å². The highest BCUT2D eigenvalue weighted by Crippen LogP contribution is 2.32. The fourth-order valence-electron chi connectivity index (χ4n) is 5.06. The Morgan fingerprint density at radius 3 is 2.23 bits per heavy atom. The molecule has 8 nitrogen and oxygen atoms in total. The first kappa shape index (κ1) is 27.3. The summed E-state index contributed by atoms with van der Waals surface area (Å²) >= 11 is 0. The normalized spacial score (nSPS) is 12.7. The van der Waals surface area contributed by atoms with Gasteiger partial charge in [-0.2, -0.15) is 0 Å². The van der Waals surface area contributed by atoms with Crippen molar-refractivity contribution in [1.29, 1.82) is 0 Å². The number of methoxy groups -OCH3 is 1. The van der Waals surface area contributed by atoms with Gasteiger partial charge in [-0.3, -0.25) is 9.69 Å². The molecule has 0 bridgehead atoms. The van der Waals surface area contributed by atoms with Crippen molar-refractivity contribution in [3.63, 3.8) is 0 Å². The molecule has 2 aromatic heterocycles. The van der Waals surface area contributed by atoms with Crippen molar-refractivity contribution in [3.8, 4) is 5.75 Å². The zero-order valence-electron chi connectivity index (χ0n) is 24.0. The second kappa shape index (κ2) is 11.1. The molecule has 3 aromatic carbocycles. The molecule has 0 fully saturated rings. The van der Waals surface area contributed by atoms with Crippen LogP contribution >= 0.6 is 0 Å². The Balaban J connectivity index is 1.72. The van der Waals surface area contributed by atoms with Crippen molar-refractivity contribution in [1.82, 2.24) is 30.1 Å². The standard InChI is InChI=1S/C32H36N6O2/c1-21-16-25-18-27(31(39)33-28(25)17-22(21)2)29(30-34-35-36-38(30)32(3,4)5)37(19-23-10-8-7-9-11-23)20-24-12-14-26(40-6)15-13-24/h7-18,29H,19-20H2,1-6H3,(H,33,39)/t29-/m1/s1. The lowest BCUT2D eigenvalue weighted by Crippen LogP contribution is -2.37. The van der Waals surface area contributed by atoms with E-state index in [-0.39, 0.29) is 5.56 Å². The van der Waals surface area contributed by atoms with Crippen LogP contribution in [0.4, 0.5) is 0 Å². The van der Waals surface area contributed by atoms with E-state index >= 15 is 0 Å². The molecule has 0 aliphatic rings. The van der Waals surface area contributed by atoms with Crippen molar-refractivity contribution >= 4 is 10.9 Å². The molecule has 5 aromatic rings. The molecule has 1 atom stereocenters. The number of H-pyrrole nitrogens is 1. The maximum atomic E-state index is 13.8. The second-order valence-corrected chi connectivity index (χ2v) is 11.3. The summed E-state index contributed by atoms with van der Waals surface area (Å²) in [4.78, 5) is 19.3. The van der Waals surface area contributed by atoms with Crippen LogP contribution in [0.5, 0.6) is 5.75 Å². The predicted molar refractivity (Wildman–Crippen MR) is 157 cm³/mol. The Labute approximate surface area is 234 Å². The number of nitrogens with zero attached hydrogens (tertiary/aromatic N) is 5. The van der Waals surface area contributed by atoms with Gasteiger partial charge in [0.15, 0.2) is 5.82 Å². The van der Waals surface area contributed by atoms with Crippen LogP contribution in [0.2, 0.25) is 0 Å². The molecule has 2 heterocycles. The number of hydrogen-bond acceptors (Lipinski definition) is 6. The molecule has 0 saturated carbocycles. The number of aromatic nitrogens is 5. The van der Waals surface area contributed by atoms with Crippen LogP contribution in [-0.4, -0.2) is 37.2 Å². The molecule has 40 heavy (non-hydrogen) atoms. The summed E-state index contributed by atoms with van der Waals surface area (Å²) in [7, 11) is 1.66. The lowest BCUT2D eigenvalue weighted by molar-refractivity contribution is 0.184. The second-order valence-electron chi connectivity index (χ2n) is 11.3. The van der Waals surface area contributed by atoms with E-state index in [1.807, 2.05) is 47.1 Å². The number of aryl methyl sites for hydroxylation is 2. The van der Waals surface area contributed by atoms with Crippen LogP contribution < -0.4 is 10.3 Å². The Morgan fingerprint density at radius 1 is 0.925 bits per heavy atom. The van der Waals surface area contributed by atoms with Crippen molar-refractivity contribution < 1.29 is 4.74 Å². The summed E-state index contributed by atoms with van der Waals surface area (Å²) < 4.78 is 7.21. The van der Waals surface area contributed by atoms with Crippen LogP contribution in [0, 0.1) is 13.8 Å². The lowest BCUT2D eigenvalue weighted by Gasteiger charge is -2.33. The minimum atomic E-state index is -0.522. The third kappa shape index (κ3) is 5.67. The molecule has 0 aliphatic carbocycles. The van der Waals surface area contributed by atoms with E-state index in [2.05, 4.69) is 90.4 Å². The first-order chi connectivity index (χ1) is 19.1. The van der Waals surface area contributed by atoms with E-state index in [1.165, 1.54) is 5.56 Å². The molecule has 0 aliphatic heterocycles. The molecule has 0 spiro atoms. The van der Waals surface area contributed by atoms with Crippen LogP contribution in [0.15, 0.2) is 77.6 Å². The van der Waals surface area contributed by atoms with Gasteiger partial charge >= 0.3 is 0 Å². The van der Waals surface area contributed by atoms with E-state index in [4.69, 9.17) is 4.74 Å².